The summed E-state index contributed by atoms with van der Waals surface area (Å²) < 4.78 is 40.5. The fourth-order valence-electron chi connectivity index (χ4n) is 0.816. The van der Waals surface area contributed by atoms with E-state index in [4.69, 9.17) is 16.9 Å². The van der Waals surface area contributed by atoms with Crippen molar-refractivity contribution in [2.24, 2.45) is 0 Å². The zero-order chi connectivity index (χ0) is 10.7. The van der Waals surface area contributed by atoms with Gasteiger partial charge in [-0.2, -0.15) is 14.0 Å². The highest BCUT2D eigenvalue weighted by Gasteiger charge is 2.17. The van der Waals surface area contributed by atoms with Gasteiger partial charge < -0.3 is 4.74 Å². The number of halogens is 4. The summed E-state index contributed by atoms with van der Waals surface area (Å²) in [5.41, 5.74) is -0.398. The fraction of sp³-hybridized carbons (Fsp3) is 0.125. The Kier molecular flexibility index (Phi) is 3.20. The minimum absolute atomic E-state index is 0.304. The first-order chi connectivity index (χ1) is 6.56. The Morgan fingerprint density at radius 2 is 2.07 bits per heavy atom. The molecule has 0 aliphatic rings. The van der Waals surface area contributed by atoms with E-state index < -0.39 is 23.7 Å². The van der Waals surface area contributed by atoms with Crippen LogP contribution in [0.25, 0.3) is 0 Å². The summed E-state index contributed by atoms with van der Waals surface area (Å²) in [6.45, 7) is -3.18. The molecule has 0 unspecified atom stereocenters. The van der Waals surface area contributed by atoms with Crippen LogP contribution in [0.3, 0.4) is 0 Å². The van der Waals surface area contributed by atoms with Crippen molar-refractivity contribution >= 4 is 11.6 Å². The topological polar surface area (TPSA) is 33.0 Å². The molecule has 1 aromatic carbocycles. The Morgan fingerprint density at radius 3 is 2.57 bits per heavy atom. The van der Waals surface area contributed by atoms with Crippen molar-refractivity contribution in [2.75, 3.05) is 0 Å². The van der Waals surface area contributed by atoms with E-state index in [9.17, 15) is 13.2 Å². The summed E-state index contributed by atoms with van der Waals surface area (Å²) >= 11 is 5.39. The first-order valence-corrected chi connectivity index (χ1v) is 3.77. The predicted octanol–water partition coefficient (Wildman–Crippen LogP) is 2.95. The van der Waals surface area contributed by atoms with Gasteiger partial charge >= 0.3 is 6.61 Å². The predicted molar refractivity (Wildman–Crippen MR) is 42.8 cm³/mol. The molecule has 2 nitrogen and oxygen atoms in total. The molecular formula is C8H3ClF3NO. The van der Waals surface area contributed by atoms with Crippen LogP contribution in [0.2, 0.25) is 5.02 Å². The Morgan fingerprint density at radius 1 is 1.43 bits per heavy atom. The number of benzene rings is 1. The van der Waals surface area contributed by atoms with Gasteiger partial charge in [0.05, 0.1) is 10.6 Å². The molecule has 0 aliphatic carbocycles. The van der Waals surface area contributed by atoms with Crippen LogP contribution in [-0.2, 0) is 0 Å². The molecule has 0 saturated heterocycles. The number of ether oxygens (including phenoxy) is 1. The third-order valence-corrected chi connectivity index (χ3v) is 1.67. The molecule has 0 radical (unpaired) electrons. The molecule has 0 fully saturated rings. The Hall–Kier alpha value is -1.41. The molecule has 0 aromatic heterocycles. The van der Waals surface area contributed by atoms with Crippen molar-refractivity contribution in [1.29, 1.82) is 5.26 Å². The van der Waals surface area contributed by atoms with Crippen LogP contribution in [0.15, 0.2) is 12.1 Å². The summed E-state index contributed by atoms with van der Waals surface area (Å²) in [5, 5.41) is 8.09. The van der Waals surface area contributed by atoms with Crippen molar-refractivity contribution in [1.82, 2.24) is 0 Å². The summed E-state index contributed by atoms with van der Waals surface area (Å²) in [6, 6.07) is 3.67. The van der Waals surface area contributed by atoms with Gasteiger partial charge in [0.25, 0.3) is 0 Å². The molecule has 0 bridgehead atoms. The lowest BCUT2D eigenvalue weighted by Gasteiger charge is -2.07. The molecular weight excluding hydrogens is 219 g/mol. The molecule has 0 spiro atoms. The van der Waals surface area contributed by atoms with E-state index in [2.05, 4.69) is 4.74 Å². The van der Waals surface area contributed by atoms with Gasteiger partial charge in [-0.05, 0) is 12.1 Å². The van der Waals surface area contributed by atoms with Crippen LogP contribution in [0.4, 0.5) is 13.2 Å². The van der Waals surface area contributed by atoms with Gasteiger partial charge in [-0.3, -0.25) is 0 Å². The van der Waals surface area contributed by atoms with Crippen LogP contribution in [0.1, 0.15) is 5.56 Å². The highest BCUT2D eigenvalue weighted by atomic mass is 35.5. The van der Waals surface area contributed by atoms with Crippen LogP contribution in [0, 0.1) is 17.1 Å². The van der Waals surface area contributed by atoms with Crippen LogP contribution in [-0.4, -0.2) is 6.61 Å². The minimum atomic E-state index is -3.18. The monoisotopic (exact) mass is 221 g/mol. The quantitative estimate of drug-likeness (QED) is 0.769. The van der Waals surface area contributed by atoms with E-state index >= 15 is 0 Å². The van der Waals surface area contributed by atoms with Crippen LogP contribution in [0.5, 0.6) is 5.75 Å². The second-order valence-electron chi connectivity index (χ2n) is 2.23. The highest BCUT2D eigenvalue weighted by molar-refractivity contribution is 6.32. The number of nitrogens with zero attached hydrogens (tertiary/aromatic N) is 1. The van der Waals surface area contributed by atoms with E-state index in [0.717, 1.165) is 12.1 Å². The lowest BCUT2D eigenvalue weighted by Crippen LogP contribution is -2.05. The van der Waals surface area contributed by atoms with Gasteiger partial charge in [-0.15, -0.1) is 0 Å². The molecule has 0 atom stereocenters. The molecule has 0 heterocycles. The van der Waals surface area contributed by atoms with E-state index in [0.29, 0.717) is 0 Å². The number of hydrogen-bond acceptors (Lipinski definition) is 2. The molecule has 6 heteroatoms. The van der Waals surface area contributed by atoms with Crippen LogP contribution >= 0.6 is 11.6 Å². The normalized spacial score (nSPS) is 10.0. The number of nitriles is 1. The van der Waals surface area contributed by atoms with Gasteiger partial charge in [0.2, 0.25) is 0 Å². The highest BCUT2D eigenvalue weighted by Crippen LogP contribution is 2.30. The van der Waals surface area contributed by atoms with Gasteiger partial charge in [-0.1, -0.05) is 11.6 Å². The third kappa shape index (κ3) is 2.09. The van der Waals surface area contributed by atoms with Crippen molar-refractivity contribution < 1.29 is 17.9 Å². The molecule has 1 aromatic rings. The molecule has 0 saturated carbocycles. The standard InChI is InChI=1S/C8H3ClF3NO/c9-5-2-1-4(3-13)6(10)7(5)14-8(11)12/h1-2,8H. The summed E-state index contributed by atoms with van der Waals surface area (Å²) in [4.78, 5) is 0. The lowest BCUT2D eigenvalue weighted by atomic mass is 10.2. The van der Waals surface area contributed by atoms with Gasteiger partial charge in [-0.25, -0.2) is 4.39 Å². The minimum Gasteiger partial charge on any atom is -0.430 e. The zero-order valence-electron chi connectivity index (χ0n) is 6.60. The van der Waals surface area contributed by atoms with Gasteiger partial charge in [0.15, 0.2) is 11.6 Å². The molecule has 0 N–H and O–H groups in total. The number of alkyl halides is 2. The second kappa shape index (κ2) is 4.20. The van der Waals surface area contributed by atoms with E-state index in [1.807, 2.05) is 0 Å². The van der Waals surface area contributed by atoms with Crippen molar-refractivity contribution in [2.45, 2.75) is 6.61 Å². The lowest BCUT2D eigenvalue weighted by molar-refractivity contribution is -0.0521. The molecule has 74 valence electrons. The van der Waals surface area contributed by atoms with Crippen molar-refractivity contribution in [3.05, 3.63) is 28.5 Å². The largest absolute Gasteiger partial charge is 0.430 e. The summed E-state index contributed by atoms with van der Waals surface area (Å²) in [5.74, 6) is -1.99. The molecule has 1 rings (SSSR count). The molecule has 14 heavy (non-hydrogen) atoms. The smallest absolute Gasteiger partial charge is 0.387 e. The first kappa shape index (κ1) is 10.7. The maximum absolute atomic E-state index is 13.1. The second-order valence-corrected chi connectivity index (χ2v) is 2.64. The SMILES string of the molecule is N#Cc1ccc(Cl)c(OC(F)F)c1F. The van der Waals surface area contributed by atoms with E-state index in [-0.39, 0.29) is 5.02 Å². The Bertz CT molecular complexity index is 389. The fourth-order valence-corrected chi connectivity index (χ4v) is 1.01. The number of rotatable bonds is 2. The number of hydrogen-bond donors (Lipinski definition) is 0. The van der Waals surface area contributed by atoms with Crippen molar-refractivity contribution in [3.8, 4) is 11.8 Å². The van der Waals surface area contributed by atoms with Crippen LogP contribution < -0.4 is 4.74 Å². The molecule has 0 amide bonds. The maximum atomic E-state index is 13.1. The molecule has 0 aliphatic heterocycles. The van der Waals surface area contributed by atoms with Crippen molar-refractivity contribution in [3.63, 3.8) is 0 Å². The summed E-state index contributed by atoms with van der Waals surface area (Å²) in [6.07, 6.45) is 0. The third-order valence-electron chi connectivity index (χ3n) is 1.38. The zero-order valence-corrected chi connectivity index (χ0v) is 7.36. The Balaban J connectivity index is 3.20. The maximum Gasteiger partial charge on any atom is 0.387 e. The Labute approximate surface area is 82.5 Å². The first-order valence-electron chi connectivity index (χ1n) is 3.39. The van der Waals surface area contributed by atoms with Gasteiger partial charge in [0.1, 0.15) is 6.07 Å². The summed E-state index contributed by atoms with van der Waals surface area (Å²) in [7, 11) is 0. The van der Waals surface area contributed by atoms with E-state index in [1.54, 1.807) is 0 Å². The van der Waals surface area contributed by atoms with Gasteiger partial charge in [0, 0.05) is 0 Å². The van der Waals surface area contributed by atoms with E-state index in [1.165, 1.54) is 6.07 Å². The average molecular weight is 222 g/mol. The average Bonchev–Trinajstić information content (AvgIpc) is 2.12.